The third kappa shape index (κ3) is 7.25. The molecule has 166 valence electrons. The number of rotatable bonds is 8. The molecular weight excluding hydrogens is 508 g/mol. The van der Waals surface area contributed by atoms with Crippen LogP contribution in [-0.2, 0) is 10.0 Å². The van der Waals surface area contributed by atoms with Crippen LogP contribution < -0.4 is 10.2 Å². The molecule has 0 aromatic heterocycles. The molecule has 1 heterocycles. The van der Waals surface area contributed by atoms with Gasteiger partial charge >= 0.3 is 0 Å². The Morgan fingerprint density at radius 2 is 1.76 bits per heavy atom. The zero-order valence-corrected chi connectivity index (χ0v) is 20.6. The predicted molar refractivity (Wildman–Crippen MR) is 128 cm³/mol. The second-order valence-electron chi connectivity index (χ2n) is 6.56. The summed E-state index contributed by atoms with van der Waals surface area (Å²) >= 11 is 0. The largest absolute Gasteiger partial charge is 0.366 e. The van der Waals surface area contributed by atoms with E-state index < -0.39 is 10.0 Å². The van der Waals surface area contributed by atoms with E-state index in [1.807, 2.05) is 31.7 Å². The number of benzene rings is 1. The van der Waals surface area contributed by atoms with Crippen molar-refractivity contribution >= 4 is 45.6 Å². The third-order valence-electron chi connectivity index (χ3n) is 4.82. The van der Waals surface area contributed by atoms with Crippen LogP contribution in [-0.4, -0.2) is 81.7 Å². The van der Waals surface area contributed by atoms with E-state index >= 15 is 0 Å². The van der Waals surface area contributed by atoms with Crippen LogP contribution in [0.2, 0.25) is 0 Å². The summed E-state index contributed by atoms with van der Waals surface area (Å²) in [5.74, 6) is 0.502. The van der Waals surface area contributed by atoms with Gasteiger partial charge < -0.3 is 15.1 Å². The molecule has 1 fully saturated rings. The molecule has 10 heteroatoms. The Balaban J connectivity index is 0.00000420. The monoisotopic (exact) mass is 541 g/mol. The quantitative estimate of drug-likeness (QED) is 0.311. The number of guanidine groups is 1. The van der Waals surface area contributed by atoms with Crippen molar-refractivity contribution in [3.8, 4) is 0 Å². The summed E-state index contributed by atoms with van der Waals surface area (Å²) < 4.78 is 40.1. The normalized spacial score (nSPS) is 15.4. The number of aliphatic imine (C=N–C) groups is 1. The average molecular weight is 541 g/mol. The molecule has 0 bridgehead atoms. The molecule has 7 nitrogen and oxygen atoms in total. The highest BCUT2D eigenvalue weighted by molar-refractivity contribution is 14.0. The van der Waals surface area contributed by atoms with Crippen LogP contribution in [0.15, 0.2) is 29.3 Å². The second-order valence-corrected chi connectivity index (χ2v) is 8.65. The lowest BCUT2D eigenvalue weighted by Gasteiger charge is -2.37. The molecule has 0 spiro atoms. The summed E-state index contributed by atoms with van der Waals surface area (Å²) in [5, 5.41) is 3.24. The molecule has 2 rings (SSSR count). The molecule has 1 aliphatic heterocycles. The van der Waals surface area contributed by atoms with E-state index in [2.05, 4.69) is 15.2 Å². The number of para-hydroxylation sites is 1. The molecule has 29 heavy (non-hydrogen) atoms. The van der Waals surface area contributed by atoms with Gasteiger partial charge in [0.2, 0.25) is 10.0 Å². The van der Waals surface area contributed by atoms with Gasteiger partial charge in [0.25, 0.3) is 0 Å². The predicted octanol–water partition coefficient (Wildman–Crippen LogP) is 2.20. The number of anilines is 1. The van der Waals surface area contributed by atoms with E-state index in [1.54, 1.807) is 12.1 Å². The average Bonchev–Trinajstić information content (AvgIpc) is 2.68. The topological polar surface area (TPSA) is 68.2 Å². The molecule has 1 saturated heterocycles. The Bertz CT molecular complexity index is 751. The Labute approximate surface area is 191 Å². The molecule has 0 atom stereocenters. The first-order valence-corrected chi connectivity index (χ1v) is 11.5. The van der Waals surface area contributed by atoms with Crippen molar-refractivity contribution in [3.05, 3.63) is 30.1 Å². The molecule has 0 amide bonds. The summed E-state index contributed by atoms with van der Waals surface area (Å²) in [7, 11) is -3.28. The van der Waals surface area contributed by atoms with Crippen molar-refractivity contribution < 1.29 is 12.8 Å². The molecule has 0 aliphatic carbocycles. The van der Waals surface area contributed by atoms with Gasteiger partial charge in [-0.2, -0.15) is 0 Å². The van der Waals surface area contributed by atoms with Crippen LogP contribution >= 0.6 is 24.0 Å². The standard InChI is InChI=1S/C19H32FN5O2S.HI/c1-4-21-19(22-11-16-28(26,27)25(5-2)6-3)24-14-12-23(13-15-24)18-10-8-7-9-17(18)20;/h7-10H,4-6,11-16H2,1-3H3,(H,21,22);1H. The van der Waals surface area contributed by atoms with E-state index in [1.165, 1.54) is 10.4 Å². The summed E-state index contributed by atoms with van der Waals surface area (Å²) in [6.07, 6.45) is 0. The molecule has 0 saturated carbocycles. The molecule has 1 aromatic carbocycles. The van der Waals surface area contributed by atoms with Crippen LogP contribution in [0.4, 0.5) is 10.1 Å². The molecule has 0 unspecified atom stereocenters. The Kier molecular flexibility index (Phi) is 11.2. The van der Waals surface area contributed by atoms with Gasteiger partial charge in [0.05, 0.1) is 18.0 Å². The van der Waals surface area contributed by atoms with Gasteiger partial charge in [0.1, 0.15) is 5.82 Å². The fraction of sp³-hybridized carbons (Fsp3) is 0.632. The fourth-order valence-corrected chi connectivity index (χ4v) is 4.67. The van der Waals surface area contributed by atoms with Gasteiger partial charge in [-0.05, 0) is 19.1 Å². The SMILES string of the molecule is CCNC(=NCCS(=O)(=O)N(CC)CC)N1CCN(c2ccccc2F)CC1.I. The summed E-state index contributed by atoms with van der Waals surface area (Å²) in [5.41, 5.74) is 0.620. The van der Waals surface area contributed by atoms with E-state index in [4.69, 9.17) is 0 Å². The van der Waals surface area contributed by atoms with Gasteiger partial charge in [-0.1, -0.05) is 26.0 Å². The van der Waals surface area contributed by atoms with Crippen LogP contribution in [0.25, 0.3) is 0 Å². The maximum absolute atomic E-state index is 14.0. The Morgan fingerprint density at radius 1 is 1.14 bits per heavy atom. The van der Waals surface area contributed by atoms with Gasteiger partial charge in [0.15, 0.2) is 5.96 Å². The van der Waals surface area contributed by atoms with Crippen LogP contribution in [0.1, 0.15) is 20.8 Å². The van der Waals surface area contributed by atoms with E-state index in [-0.39, 0.29) is 42.1 Å². The molecular formula is C19H33FIN5O2S. The molecule has 1 aromatic rings. The number of hydrogen-bond donors (Lipinski definition) is 1. The van der Waals surface area contributed by atoms with Crippen molar-refractivity contribution in [3.63, 3.8) is 0 Å². The maximum Gasteiger partial charge on any atom is 0.215 e. The number of piperazine rings is 1. The van der Waals surface area contributed by atoms with Crippen molar-refractivity contribution in [2.24, 2.45) is 4.99 Å². The van der Waals surface area contributed by atoms with Gasteiger partial charge in [-0.15, -0.1) is 24.0 Å². The third-order valence-corrected chi connectivity index (χ3v) is 6.82. The maximum atomic E-state index is 14.0. The molecule has 1 aliphatic rings. The van der Waals surface area contributed by atoms with E-state index in [9.17, 15) is 12.8 Å². The van der Waals surface area contributed by atoms with Crippen molar-refractivity contribution in [1.82, 2.24) is 14.5 Å². The minimum Gasteiger partial charge on any atom is -0.366 e. The number of nitrogens with zero attached hydrogens (tertiary/aromatic N) is 4. The number of hydrogen-bond acceptors (Lipinski definition) is 4. The highest BCUT2D eigenvalue weighted by Gasteiger charge is 2.22. The first kappa shape index (κ1) is 25.9. The minimum atomic E-state index is -3.28. The van der Waals surface area contributed by atoms with Gasteiger partial charge in [-0.3, -0.25) is 4.99 Å². The summed E-state index contributed by atoms with van der Waals surface area (Å²) in [6.45, 7) is 10.3. The lowest BCUT2D eigenvalue weighted by Crippen LogP contribution is -2.52. The number of sulfonamides is 1. The summed E-state index contributed by atoms with van der Waals surface area (Å²) in [6, 6.07) is 6.80. The number of halogens is 2. The number of nitrogens with one attached hydrogen (secondary N) is 1. The van der Waals surface area contributed by atoms with Crippen LogP contribution in [0.3, 0.4) is 0 Å². The first-order valence-electron chi connectivity index (χ1n) is 9.93. The van der Waals surface area contributed by atoms with E-state index in [0.717, 1.165) is 0 Å². The summed E-state index contributed by atoms with van der Waals surface area (Å²) in [4.78, 5) is 8.65. The highest BCUT2D eigenvalue weighted by Crippen LogP contribution is 2.20. The Hall–Kier alpha value is -1.14. The smallest absolute Gasteiger partial charge is 0.215 e. The van der Waals surface area contributed by atoms with Gasteiger partial charge in [-0.25, -0.2) is 17.1 Å². The van der Waals surface area contributed by atoms with Crippen molar-refractivity contribution in [2.75, 3.05) is 63.0 Å². The minimum absolute atomic E-state index is 0. The van der Waals surface area contributed by atoms with Crippen molar-refractivity contribution in [2.45, 2.75) is 20.8 Å². The van der Waals surface area contributed by atoms with Crippen LogP contribution in [0, 0.1) is 5.82 Å². The van der Waals surface area contributed by atoms with Crippen LogP contribution in [0.5, 0.6) is 0 Å². The second kappa shape index (κ2) is 12.5. The fourth-order valence-electron chi connectivity index (χ4n) is 3.31. The highest BCUT2D eigenvalue weighted by atomic mass is 127. The van der Waals surface area contributed by atoms with E-state index in [0.29, 0.717) is 57.5 Å². The molecule has 1 N–H and O–H groups in total. The van der Waals surface area contributed by atoms with Gasteiger partial charge in [0, 0.05) is 45.8 Å². The van der Waals surface area contributed by atoms with Crippen molar-refractivity contribution in [1.29, 1.82) is 0 Å². The zero-order chi connectivity index (χ0) is 20.6. The lowest BCUT2D eigenvalue weighted by atomic mass is 10.2. The zero-order valence-electron chi connectivity index (χ0n) is 17.5. The first-order chi connectivity index (χ1) is 13.4. The molecule has 0 radical (unpaired) electrons. The lowest BCUT2D eigenvalue weighted by molar-refractivity contribution is 0.371. The Morgan fingerprint density at radius 3 is 2.31 bits per heavy atom.